The molecule has 0 aliphatic heterocycles. The highest BCUT2D eigenvalue weighted by molar-refractivity contribution is 5.20. The second-order valence-electron chi connectivity index (χ2n) is 3.27. The zero-order chi connectivity index (χ0) is 9.68. The van der Waals surface area contributed by atoms with E-state index in [1.807, 2.05) is 12.1 Å². The van der Waals surface area contributed by atoms with Gasteiger partial charge in [0.25, 0.3) is 0 Å². The first-order chi connectivity index (χ1) is 6.27. The van der Waals surface area contributed by atoms with Crippen LogP contribution in [-0.4, -0.2) is 6.54 Å². The van der Waals surface area contributed by atoms with Crippen molar-refractivity contribution >= 4 is 0 Å². The number of rotatable bonds is 4. The Morgan fingerprint density at radius 3 is 2.38 bits per heavy atom. The van der Waals surface area contributed by atoms with Crippen LogP contribution in [0.1, 0.15) is 31.2 Å². The Morgan fingerprint density at radius 1 is 1.31 bits per heavy atom. The van der Waals surface area contributed by atoms with E-state index in [1.165, 1.54) is 12.1 Å². The first kappa shape index (κ1) is 10.2. The van der Waals surface area contributed by atoms with Crippen molar-refractivity contribution in [3.05, 3.63) is 35.6 Å². The van der Waals surface area contributed by atoms with Crippen molar-refractivity contribution in [2.75, 3.05) is 6.54 Å². The van der Waals surface area contributed by atoms with Crippen molar-refractivity contribution < 1.29 is 4.39 Å². The normalized spacial score (nSPS) is 12.8. The highest BCUT2D eigenvalue weighted by Gasteiger charge is 2.07. The fourth-order valence-corrected chi connectivity index (χ4v) is 1.50. The van der Waals surface area contributed by atoms with Gasteiger partial charge in [0, 0.05) is 0 Å². The van der Waals surface area contributed by atoms with Crippen LogP contribution in [0.5, 0.6) is 0 Å². The van der Waals surface area contributed by atoms with Crippen LogP contribution >= 0.6 is 0 Å². The maximum atomic E-state index is 12.6. The van der Waals surface area contributed by atoms with Crippen LogP contribution in [0.2, 0.25) is 0 Å². The van der Waals surface area contributed by atoms with Gasteiger partial charge in [0.2, 0.25) is 0 Å². The summed E-state index contributed by atoms with van der Waals surface area (Å²) < 4.78 is 12.6. The van der Waals surface area contributed by atoms with Crippen molar-refractivity contribution in [1.82, 2.24) is 0 Å². The Balaban J connectivity index is 2.73. The van der Waals surface area contributed by atoms with Gasteiger partial charge in [-0.1, -0.05) is 25.5 Å². The summed E-state index contributed by atoms with van der Waals surface area (Å²) in [5.74, 6) is 0.196. The predicted octanol–water partition coefficient (Wildman–Crippen LogP) is 2.67. The lowest BCUT2D eigenvalue weighted by Gasteiger charge is -2.13. The van der Waals surface area contributed by atoms with E-state index in [4.69, 9.17) is 5.73 Å². The zero-order valence-electron chi connectivity index (χ0n) is 7.96. The average Bonchev–Trinajstić information content (AvgIpc) is 2.16. The van der Waals surface area contributed by atoms with Gasteiger partial charge in [-0.25, -0.2) is 4.39 Å². The van der Waals surface area contributed by atoms with Gasteiger partial charge in [-0.05, 0) is 36.6 Å². The summed E-state index contributed by atoms with van der Waals surface area (Å²) in [5, 5.41) is 0. The molecule has 0 bridgehead atoms. The molecule has 1 aromatic rings. The lowest BCUT2D eigenvalue weighted by Crippen LogP contribution is -2.12. The van der Waals surface area contributed by atoms with E-state index in [0.717, 1.165) is 18.4 Å². The van der Waals surface area contributed by atoms with Gasteiger partial charge in [0.15, 0.2) is 0 Å². The van der Waals surface area contributed by atoms with Crippen LogP contribution in [0.4, 0.5) is 4.39 Å². The predicted molar refractivity (Wildman–Crippen MR) is 53.1 cm³/mol. The molecular formula is C11H16FN. The Kier molecular flexibility index (Phi) is 3.90. The molecule has 0 aliphatic carbocycles. The third kappa shape index (κ3) is 2.81. The lowest BCUT2D eigenvalue weighted by atomic mass is 9.95. The van der Waals surface area contributed by atoms with Crippen LogP contribution in [0, 0.1) is 5.82 Å². The molecule has 0 saturated carbocycles. The minimum atomic E-state index is -0.184. The van der Waals surface area contributed by atoms with Crippen molar-refractivity contribution in [1.29, 1.82) is 0 Å². The second-order valence-corrected chi connectivity index (χ2v) is 3.27. The highest BCUT2D eigenvalue weighted by atomic mass is 19.1. The minimum Gasteiger partial charge on any atom is -0.330 e. The van der Waals surface area contributed by atoms with Gasteiger partial charge in [0.1, 0.15) is 5.82 Å². The van der Waals surface area contributed by atoms with Crippen molar-refractivity contribution in [3.8, 4) is 0 Å². The SMILES string of the molecule is CCCC(CN)c1ccc(F)cc1. The van der Waals surface area contributed by atoms with Crippen molar-refractivity contribution in [3.63, 3.8) is 0 Å². The summed E-state index contributed by atoms with van der Waals surface area (Å²) in [6.07, 6.45) is 2.18. The van der Waals surface area contributed by atoms with E-state index in [2.05, 4.69) is 6.92 Å². The molecule has 0 radical (unpaired) electrons. The highest BCUT2D eigenvalue weighted by Crippen LogP contribution is 2.19. The smallest absolute Gasteiger partial charge is 0.123 e. The lowest BCUT2D eigenvalue weighted by molar-refractivity contribution is 0.609. The third-order valence-corrected chi connectivity index (χ3v) is 2.26. The maximum absolute atomic E-state index is 12.6. The monoisotopic (exact) mass is 181 g/mol. The number of halogens is 1. The zero-order valence-corrected chi connectivity index (χ0v) is 7.96. The standard InChI is InChI=1S/C11H16FN/c1-2-3-10(8-13)9-4-6-11(12)7-5-9/h4-7,10H,2-3,8,13H2,1H3. The summed E-state index contributed by atoms with van der Waals surface area (Å²) in [6.45, 7) is 2.77. The number of nitrogens with two attached hydrogens (primary N) is 1. The average molecular weight is 181 g/mol. The van der Waals surface area contributed by atoms with Gasteiger partial charge >= 0.3 is 0 Å². The molecule has 0 saturated heterocycles. The first-order valence-electron chi connectivity index (χ1n) is 4.73. The molecule has 0 heterocycles. The van der Waals surface area contributed by atoms with Crippen LogP contribution in [0.15, 0.2) is 24.3 Å². The molecule has 0 aliphatic rings. The Hall–Kier alpha value is -0.890. The van der Waals surface area contributed by atoms with Gasteiger partial charge in [-0.15, -0.1) is 0 Å². The number of hydrogen-bond donors (Lipinski definition) is 1. The Labute approximate surface area is 78.8 Å². The fraction of sp³-hybridized carbons (Fsp3) is 0.455. The number of hydrogen-bond acceptors (Lipinski definition) is 1. The van der Waals surface area contributed by atoms with Crippen LogP contribution in [0.3, 0.4) is 0 Å². The molecule has 1 rings (SSSR count). The van der Waals surface area contributed by atoms with E-state index in [0.29, 0.717) is 12.5 Å². The minimum absolute atomic E-state index is 0.184. The van der Waals surface area contributed by atoms with Gasteiger partial charge in [-0.2, -0.15) is 0 Å². The van der Waals surface area contributed by atoms with E-state index in [9.17, 15) is 4.39 Å². The molecule has 0 aromatic heterocycles. The van der Waals surface area contributed by atoms with Gasteiger partial charge in [0.05, 0.1) is 0 Å². The van der Waals surface area contributed by atoms with Crippen LogP contribution < -0.4 is 5.73 Å². The van der Waals surface area contributed by atoms with E-state index >= 15 is 0 Å². The summed E-state index contributed by atoms with van der Waals surface area (Å²) in [5.41, 5.74) is 6.78. The molecule has 0 spiro atoms. The topological polar surface area (TPSA) is 26.0 Å². The number of benzene rings is 1. The van der Waals surface area contributed by atoms with E-state index < -0.39 is 0 Å². The molecule has 1 atom stereocenters. The molecule has 13 heavy (non-hydrogen) atoms. The maximum Gasteiger partial charge on any atom is 0.123 e. The Bertz CT molecular complexity index is 243. The first-order valence-corrected chi connectivity index (χ1v) is 4.73. The molecule has 1 unspecified atom stereocenters. The molecule has 0 fully saturated rings. The summed E-state index contributed by atoms with van der Waals surface area (Å²) in [7, 11) is 0. The fourth-order valence-electron chi connectivity index (χ4n) is 1.50. The molecule has 1 nitrogen and oxygen atoms in total. The second kappa shape index (κ2) is 4.97. The van der Waals surface area contributed by atoms with Crippen molar-refractivity contribution in [2.24, 2.45) is 5.73 Å². The molecule has 2 heteroatoms. The van der Waals surface area contributed by atoms with Gasteiger partial charge in [-0.3, -0.25) is 0 Å². The quantitative estimate of drug-likeness (QED) is 0.759. The summed E-state index contributed by atoms with van der Waals surface area (Å²) in [6, 6.07) is 6.63. The van der Waals surface area contributed by atoms with E-state index in [-0.39, 0.29) is 5.82 Å². The van der Waals surface area contributed by atoms with Crippen LogP contribution in [0.25, 0.3) is 0 Å². The molecular weight excluding hydrogens is 165 g/mol. The molecule has 2 N–H and O–H groups in total. The molecule has 1 aromatic carbocycles. The van der Waals surface area contributed by atoms with Crippen LogP contribution in [-0.2, 0) is 0 Å². The van der Waals surface area contributed by atoms with Gasteiger partial charge < -0.3 is 5.73 Å². The largest absolute Gasteiger partial charge is 0.330 e. The summed E-state index contributed by atoms with van der Waals surface area (Å²) >= 11 is 0. The summed E-state index contributed by atoms with van der Waals surface area (Å²) in [4.78, 5) is 0. The molecule has 72 valence electrons. The van der Waals surface area contributed by atoms with E-state index in [1.54, 1.807) is 0 Å². The molecule has 0 amide bonds. The van der Waals surface area contributed by atoms with Crippen molar-refractivity contribution in [2.45, 2.75) is 25.7 Å². The third-order valence-electron chi connectivity index (χ3n) is 2.26. The Morgan fingerprint density at radius 2 is 1.92 bits per heavy atom.